The van der Waals surface area contributed by atoms with Gasteiger partial charge in [-0.15, -0.1) is 18.4 Å². The summed E-state index contributed by atoms with van der Waals surface area (Å²) in [5.74, 6) is 5.80. The van der Waals surface area contributed by atoms with Gasteiger partial charge >= 0.3 is 0 Å². The van der Waals surface area contributed by atoms with E-state index in [2.05, 4.69) is 18.4 Å². The van der Waals surface area contributed by atoms with Crippen LogP contribution in [0.3, 0.4) is 0 Å². The molecule has 0 fully saturated rings. The standard InChI is InChI=1S/C8H12/c1-4-5-6-7-8(2)3/h2,6-7H2,1,3H3. The van der Waals surface area contributed by atoms with E-state index in [4.69, 9.17) is 0 Å². The zero-order chi connectivity index (χ0) is 6.41. The second-order valence-electron chi connectivity index (χ2n) is 1.88. The summed E-state index contributed by atoms with van der Waals surface area (Å²) >= 11 is 0. The predicted molar refractivity (Wildman–Crippen MR) is 37.5 cm³/mol. The summed E-state index contributed by atoms with van der Waals surface area (Å²) in [5.41, 5.74) is 1.22. The molecule has 0 atom stereocenters. The summed E-state index contributed by atoms with van der Waals surface area (Å²) in [6, 6.07) is 0. The minimum atomic E-state index is 0.964. The van der Waals surface area contributed by atoms with E-state index in [1.54, 1.807) is 0 Å². The van der Waals surface area contributed by atoms with Crippen molar-refractivity contribution in [3.8, 4) is 11.8 Å². The Hall–Kier alpha value is -0.700. The lowest BCUT2D eigenvalue weighted by Gasteiger charge is -1.87. The van der Waals surface area contributed by atoms with Crippen molar-refractivity contribution >= 4 is 0 Å². The van der Waals surface area contributed by atoms with Crippen LogP contribution in [0.15, 0.2) is 12.2 Å². The fourth-order valence-corrected chi connectivity index (χ4v) is 0.401. The fraction of sp³-hybridized carbons (Fsp3) is 0.500. The minimum absolute atomic E-state index is 0.964. The molecular weight excluding hydrogens is 96.1 g/mol. The molecule has 0 aliphatic carbocycles. The smallest absolute Gasteiger partial charge is 0.0126 e. The van der Waals surface area contributed by atoms with Crippen molar-refractivity contribution in [2.24, 2.45) is 0 Å². The van der Waals surface area contributed by atoms with Gasteiger partial charge in [0.1, 0.15) is 0 Å². The van der Waals surface area contributed by atoms with Crippen molar-refractivity contribution in [3.63, 3.8) is 0 Å². The molecule has 0 spiro atoms. The van der Waals surface area contributed by atoms with Crippen LogP contribution in [0.25, 0.3) is 0 Å². The van der Waals surface area contributed by atoms with Gasteiger partial charge in [-0.05, 0) is 20.3 Å². The van der Waals surface area contributed by atoms with Crippen LogP contribution in [0.1, 0.15) is 26.7 Å². The Kier molecular flexibility index (Phi) is 4.07. The van der Waals surface area contributed by atoms with Crippen LogP contribution in [0.4, 0.5) is 0 Å². The molecule has 0 amide bonds. The zero-order valence-corrected chi connectivity index (χ0v) is 5.62. The molecule has 0 heterocycles. The lowest BCUT2D eigenvalue weighted by Crippen LogP contribution is -1.70. The normalized spacial score (nSPS) is 7.25. The summed E-state index contributed by atoms with van der Waals surface area (Å²) in [7, 11) is 0. The van der Waals surface area contributed by atoms with E-state index in [1.807, 2.05) is 13.8 Å². The average molecular weight is 108 g/mol. The van der Waals surface area contributed by atoms with Gasteiger partial charge in [0.15, 0.2) is 0 Å². The van der Waals surface area contributed by atoms with E-state index in [0.717, 1.165) is 12.8 Å². The van der Waals surface area contributed by atoms with Gasteiger partial charge in [-0.2, -0.15) is 0 Å². The first-order valence-corrected chi connectivity index (χ1v) is 2.81. The van der Waals surface area contributed by atoms with Crippen LogP contribution in [0, 0.1) is 11.8 Å². The maximum atomic E-state index is 3.76. The highest BCUT2D eigenvalue weighted by Crippen LogP contribution is 1.97. The highest BCUT2D eigenvalue weighted by molar-refractivity contribution is 4.99. The molecule has 0 saturated heterocycles. The molecular formula is C8H12. The summed E-state index contributed by atoms with van der Waals surface area (Å²) in [4.78, 5) is 0. The molecule has 44 valence electrons. The van der Waals surface area contributed by atoms with Gasteiger partial charge in [0.2, 0.25) is 0 Å². The monoisotopic (exact) mass is 108 g/mol. The largest absolute Gasteiger partial charge is 0.107 e. The molecule has 0 nitrogen and oxygen atoms in total. The van der Waals surface area contributed by atoms with Crippen molar-refractivity contribution in [1.82, 2.24) is 0 Å². The lowest BCUT2D eigenvalue weighted by molar-refractivity contribution is 1.01. The Morgan fingerprint density at radius 3 is 2.62 bits per heavy atom. The van der Waals surface area contributed by atoms with Gasteiger partial charge in [0.05, 0.1) is 0 Å². The van der Waals surface area contributed by atoms with Gasteiger partial charge in [0, 0.05) is 6.42 Å². The second-order valence-corrected chi connectivity index (χ2v) is 1.88. The molecule has 0 N–H and O–H groups in total. The molecule has 0 aromatic rings. The van der Waals surface area contributed by atoms with E-state index in [0.29, 0.717) is 0 Å². The maximum absolute atomic E-state index is 3.76. The summed E-state index contributed by atoms with van der Waals surface area (Å²) in [6.45, 7) is 7.64. The van der Waals surface area contributed by atoms with Crippen molar-refractivity contribution in [2.45, 2.75) is 26.7 Å². The third kappa shape index (κ3) is 5.30. The summed E-state index contributed by atoms with van der Waals surface area (Å²) in [5, 5.41) is 0. The lowest BCUT2D eigenvalue weighted by atomic mass is 10.2. The van der Waals surface area contributed by atoms with Crippen LogP contribution >= 0.6 is 0 Å². The van der Waals surface area contributed by atoms with Crippen LogP contribution in [0.5, 0.6) is 0 Å². The third-order valence-corrected chi connectivity index (χ3v) is 0.854. The van der Waals surface area contributed by atoms with Gasteiger partial charge in [0.25, 0.3) is 0 Å². The summed E-state index contributed by atoms with van der Waals surface area (Å²) < 4.78 is 0. The highest BCUT2D eigenvalue weighted by Gasteiger charge is 1.79. The first-order chi connectivity index (χ1) is 3.77. The number of allylic oxidation sites excluding steroid dienone is 1. The van der Waals surface area contributed by atoms with Gasteiger partial charge in [-0.25, -0.2) is 0 Å². The molecule has 0 heteroatoms. The van der Waals surface area contributed by atoms with Crippen LogP contribution in [-0.4, -0.2) is 0 Å². The van der Waals surface area contributed by atoms with Crippen LogP contribution < -0.4 is 0 Å². The SMILES string of the molecule is C=C(C)CCC#CC. The molecule has 0 saturated carbocycles. The molecule has 0 bridgehead atoms. The van der Waals surface area contributed by atoms with Crippen LogP contribution in [-0.2, 0) is 0 Å². The Morgan fingerprint density at radius 2 is 2.25 bits per heavy atom. The molecule has 0 aromatic heterocycles. The van der Waals surface area contributed by atoms with E-state index in [1.165, 1.54) is 5.57 Å². The Balaban J connectivity index is 3.14. The molecule has 0 radical (unpaired) electrons. The quantitative estimate of drug-likeness (QED) is 0.376. The first-order valence-electron chi connectivity index (χ1n) is 2.81. The van der Waals surface area contributed by atoms with E-state index < -0.39 is 0 Å². The molecule has 0 aliphatic rings. The van der Waals surface area contributed by atoms with E-state index >= 15 is 0 Å². The van der Waals surface area contributed by atoms with Gasteiger partial charge in [-0.1, -0.05) is 5.57 Å². The van der Waals surface area contributed by atoms with Crippen molar-refractivity contribution in [3.05, 3.63) is 12.2 Å². The van der Waals surface area contributed by atoms with Crippen molar-refractivity contribution in [1.29, 1.82) is 0 Å². The molecule has 0 unspecified atom stereocenters. The Labute approximate surface area is 51.6 Å². The molecule has 0 rings (SSSR count). The molecule has 8 heavy (non-hydrogen) atoms. The molecule has 0 aliphatic heterocycles. The number of hydrogen-bond acceptors (Lipinski definition) is 0. The Bertz CT molecular complexity index is 121. The van der Waals surface area contributed by atoms with Gasteiger partial charge < -0.3 is 0 Å². The number of hydrogen-bond donors (Lipinski definition) is 0. The Morgan fingerprint density at radius 1 is 1.62 bits per heavy atom. The zero-order valence-electron chi connectivity index (χ0n) is 5.62. The highest BCUT2D eigenvalue weighted by atomic mass is 13.8. The average Bonchev–Trinajstić information content (AvgIpc) is 1.66. The number of rotatable bonds is 2. The fourth-order valence-electron chi connectivity index (χ4n) is 0.401. The topological polar surface area (TPSA) is 0 Å². The summed E-state index contributed by atoms with van der Waals surface area (Å²) in [6.07, 6.45) is 2.01. The van der Waals surface area contributed by atoms with Gasteiger partial charge in [-0.3, -0.25) is 0 Å². The van der Waals surface area contributed by atoms with Crippen molar-refractivity contribution in [2.75, 3.05) is 0 Å². The first kappa shape index (κ1) is 7.30. The van der Waals surface area contributed by atoms with Crippen molar-refractivity contribution < 1.29 is 0 Å². The second kappa shape index (κ2) is 4.46. The predicted octanol–water partition coefficient (Wildman–Crippen LogP) is 2.37. The van der Waals surface area contributed by atoms with E-state index in [-0.39, 0.29) is 0 Å². The molecule has 0 aromatic carbocycles. The minimum Gasteiger partial charge on any atom is -0.107 e. The van der Waals surface area contributed by atoms with Crippen LogP contribution in [0.2, 0.25) is 0 Å². The van der Waals surface area contributed by atoms with E-state index in [9.17, 15) is 0 Å². The maximum Gasteiger partial charge on any atom is 0.0126 e. The third-order valence-electron chi connectivity index (χ3n) is 0.854.